The van der Waals surface area contributed by atoms with Crippen molar-refractivity contribution in [1.29, 1.82) is 0 Å². The second kappa shape index (κ2) is 5.65. The monoisotopic (exact) mass is 366 g/mol. The zero-order valence-electron chi connectivity index (χ0n) is 11.2. The quantitative estimate of drug-likeness (QED) is 0.780. The number of nitrogens with zero attached hydrogens (tertiary/aromatic N) is 1. The van der Waals surface area contributed by atoms with Crippen LogP contribution in [-0.2, 0) is 0 Å². The maximum Gasteiger partial charge on any atom is 0.0726 e. The van der Waals surface area contributed by atoms with Gasteiger partial charge < -0.3 is 5.32 Å². The Kier molecular flexibility index (Phi) is 3.91. The number of hydrogen-bond donors (Lipinski definition) is 1. The van der Waals surface area contributed by atoms with Crippen molar-refractivity contribution >= 4 is 39.2 Å². The van der Waals surface area contributed by atoms with Gasteiger partial charge in [-0.25, -0.2) is 0 Å². The maximum atomic E-state index is 4.90. The lowest BCUT2D eigenvalue weighted by Gasteiger charge is -2.14. The third-order valence-electron chi connectivity index (χ3n) is 3.93. The van der Waals surface area contributed by atoms with Gasteiger partial charge in [-0.1, -0.05) is 12.8 Å². The fourth-order valence-corrected chi connectivity index (χ4v) is 3.48. The number of pyridine rings is 1. The Morgan fingerprint density at radius 2 is 2.05 bits per heavy atom. The van der Waals surface area contributed by atoms with Crippen molar-refractivity contribution in [2.45, 2.75) is 38.5 Å². The van der Waals surface area contributed by atoms with Crippen molar-refractivity contribution in [2.24, 2.45) is 0 Å². The van der Waals surface area contributed by atoms with Crippen LogP contribution in [0.1, 0.15) is 44.2 Å². The normalized spacial score (nSPS) is 16.1. The molecule has 1 aliphatic carbocycles. The average Bonchev–Trinajstić information content (AvgIpc) is 2.93. The van der Waals surface area contributed by atoms with E-state index in [1.165, 1.54) is 46.0 Å². The number of fused-ring (bicyclic) bond motifs is 1. The molecule has 2 nitrogen and oxygen atoms in total. The number of nitrogens with one attached hydrogen (secondary N) is 1. The van der Waals surface area contributed by atoms with E-state index in [0.29, 0.717) is 5.92 Å². The SMILES string of the molecule is CCNc1cc(C2CCCC2)nc2ccc(I)cc12. The van der Waals surface area contributed by atoms with E-state index < -0.39 is 0 Å². The molecule has 19 heavy (non-hydrogen) atoms. The van der Waals surface area contributed by atoms with Gasteiger partial charge in [0, 0.05) is 32.8 Å². The summed E-state index contributed by atoms with van der Waals surface area (Å²) in [4.78, 5) is 4.90. The molecule has 3 rings (SSSR count). The predicted molar refractivity (Wildman–Crippen MR) is 89.8 cm³/mol. The average molecular weight is 366 g/mol. The van der Waals surface area contributed by atoms with Crippen molar-refractivity contribution in [2.75, 3.05) is 11.9 Å². The summed E-state index contributed by atoms with van der Waals surface area (Å²) in [5.74, 6) is 0.668. The number of halogens is 1. The predicted octanol–water partition coefficient (Wildman–Crippen LogP) is 4.93. The van der Waals surface area contributed by atoms with Crippen LogP contribution < -0.4 is 5.32 Å². The van der Waals surface area contributed by atoms with Gasteiger partial charge in [0.2, 0.25) is 0 Å². The second-order valence-corrected chi connectivity index (χ2v) is 6.51. The van der Waals surface area contributed by atoms with E-state index in [4.69, 9.17) is 4.98 Å². The van der Waals surface area contributed by atoms with Crippen LogP contribution in [0.2, 0.25) is 0 Å². The van der Waals surface area contributed by atoms with Crippen LogP contribution in [0.3, 0.4) is 0 Å². The molecule has 0 unspecified atom stereocenters. The van der Waals surface area contributed by atoms with E-state index in [0.717, 1.165) is 12.1 Å². The van der Waals surface area contributed by atoms with Gasteiger partial charge in [-0.3, -0.25) is 4.98 Å². The summed E-state index contributed by atoms with van der Waals surface area (Å²) >= 11 is 2.36. The fraction of sp³-hybridized carbons (Fsp3) is 0.438. The van der Waals surface area contributed by atoms with Gasteiger partial charge in [0.1, 0.15) is 0 Å². The molecule has 0 spiro atoms. The molecule has 1 saturated carbocycles. The summed E-state index contributed by atoms with van der Waals surface area (Å²) in [5, 5.41) is 4.74. The molecule has 1 aromatic heterocycles. The van der Waals surface area contributed by atoms with Gasteiger partial charge >= 0.3 is 0 Å². The maximum absolute atomic E-state index is 4.90. The molecular formula is C16H19IN2. The van der Waals surface area contributed by atoms with Crippen LogP contribution in [-0.4, -0.2) is 11.5 Å². The van der Waals surface area contributed by atoms with Crippen LogP contribution >= 0.6 is 22.6 Å². The molecule has 0 atom stereocenters. The summed E-state index contributed by atoms with van der Waals surface area (Å²) in [5.41, 5.74) is 3.65. The van der Waals surface area contributed by atoms with Gasteiger partial charge in [-0.2, -0.15) is 0 Å². The molecule has 1 aliphatic rings. The molecule has 100 valence electrons. The third kappa shape index (κ3) is 2.71. The van der Waals surface area contributed by atoms with Crippen LogP contribution in [0, 0.1) is 3.57 Å². The molecular weight excluding hydrogens is 347 g/mol. The molecule has 0 aliphatic heterocycles. The van der Waals surface area contributed by atoms with Gasteiger partial charge in [0.25, 0.3) is 0 Å². The van der Waals surface area contributed by atoms with Crippen LogP contribution in [0.25, 0.3) is 10.9 Å². The van der Waals surface area contributed by atoms with E-state index in [1.807, 2.05) is 0 Å². The first kappa shape index (κ1) is 13.2. The van der Waals surface area contributed by atoms with E-state index in [-0.39, 0.29) is 0 Å². The molecule has 2 aromatic rings. The summed E-state index contributed by atoms with van der Waals surface area (Å²) in [6.45, 7) is 3.10. The molecule has 0 saturated heterocycles. The molecule has 0 radical (unpaired) electrons. The molecule has 1 N–H and O–H groups in total. The molecule has 3 heteroatoms. The summed E-state index contributed by atoms with van der Waals surface area (Å²) < 4.78 is 1.26. The Bertz CT molecular complexity index is 589. The minimum atomic E-state index is 0.668. The van der Waals surface area contributed by atoms with Gasteiger partial charge in [-0.05, 0) is 66.6 Å². The molecule has 1 aromatic carbocycles. The first-order valence-electron chi connectivity index (χ1n) is 7.12. The fourth-order valence-electron chi connectivity index (χ4n) is 2.99. The standard InChI is InChI=1S/C16H19IN2/c1-2-18-16-10-15(11-5-3-4-6-11)19-14-8-7-12(17)9-13(14)16/h7-11H,2-6H2,1H3,(H,18,19). The summed E-state index contributed by atoms with van der Waals surface area (Å²) in [7, 11) is 0. The highest BCUT2D eigenvalue weighted by Crippen LogP contribution is 2.36. The molecule has 1 heterocycles. The molecule has 0 amide bonds. The van der Waals surface area contributed by atoms with E-state index >= 15 is 0 Å². The topological polar surface area (TPSA) is 24.9 Å². The Balaban J connectivity index is 2.12. The van der Waals surface area contributed by atoms with Crippen molar-refractivity contribution in [3.05, 3.63) is 33.5 Å². The minimum absolute atomic E-state index is 0.668. The Morgan fingerprint density at radius 1 is 1.26 bits per heavy atom. The minimum Gasteiger partial charge on any atom is -0.385 e. The largest absolute Gasteiger partial charge is 0.385 e. The lowest BCUT2D eigenvalue weighted by Crippen LogP contribution is -2.03. The first-order valence-corrected chi connectivity index (χ1v) is 8.20. The lowest BCUT2D eigenvalue weighted by molar-refractivity contribution is 0.701. The zero-order chi connectivity index (χ0) is 13.2. The smallest absolute Gasteiger partial charge is 0.0726 e. The Morgan fingerprint density at radius 3 is 2.79 bits per heavy atom. The lowest BCUT2D eigenvalue weighted by atomic mass is 10.0. The molecule has 0 bridgehead atoms. The van der Waals surface area contributed by atoms with Gasteiger partial charge in [0.15, 0.2) is 0 Å². The van der Waals surface area contributed by atoms with Crippen molar-refractivity contribution in [1.82, 2.24) is 4.98 Å². The third-order valence-corrected chi connectivity index (χ3v) is 4.60. The van der Waals surface area contributed by atoms with Crippen LogP contribution in [0.5, 0.6) is 0 Å². The second-order valence-electron chi connectivity index (χ2n) is 5.27. The number of aromatic nitrogens is 1. The highest BCUT2D eigenvalue weighted by Gasteiger charge is 2.19. The van der Waals surface area contributed by atoms with E-state index in [2.05, 4.69) is 59.1 Å². The zero-order valence-corrected chi connectivity index (χ0v) is 13.4. The van der Waals surface area contributed by atoms with Crippen molar-refractivity contribution in [3.8, 4) is 0 Å². The number of hydrogen-bond acceptors (Lipinski definition) is 2. The Hall–Kier alpha value is -0.840. The number of anilines is 1. The first-order chi connectivity index (χ1) is 9.28. The van der Waals surface area contributed by atoms with E-state index in [1.54, 1.807) is 0 Å². The number of rotatable bonds is 3. The number of benzene rings is 1. The molecule has 1 fully saturated rings. The van der Waals surface area contributed by atoms with Crippen molar-refractivity contribution in [3.63, 3.8) is 0 Å². The highest BCUT2D eigenvalue weighted by molar-refractivity contribution is 14.1. The Labute approximate surface area is 128 Å². The van der Waals surface area contributed by atoms with E-state index in [9.17, 15) is 0 Å². The van der Waals surface area contributed by atoms with Gasteiger partial charge in [0.05, 0.1) is 5.52 Å². The summed E-state index contributed by atoms with van der Waals surface area (Å²) in [6, 6.07) is 8.79. The summed E-state index contributed by atoms with van der Waals surface area (Å²) in [6.07, 6.45) is 5.31. The van der Waals surface area contributed by atoms with Crippen molar-refractivity contribution < 1.29 is 0 Å². The van der Waals surface area contributed by atoms with Crippen LogP contribution in [0.15, 0.2) is 24.3 Å². The highest BCUT2D eigenvalue weighted by atomic mass is 127. The van der Waals surface area contributed by atoms with Gasteiger partial charge in [-0.15, -0.1) is 0 Å². The van der Waals surface area contributed by atoms with Crippen LogP contribution in [0.4, 0.5) is 5.69 Å².